The Morgan fingerprint density at radius 2 is 0.963 bits per heavy atom. The molecule has 0 N–H and O–H groups in total. The largest absolute Gasteiger partial charge is 0.379 e. The van der Waals surface area contributed by atoms with Gasteiger partial charge in [-0.1, -0.05) is 65.2 Å². The second kappa shape index (κ2) is 20.6. The molecule has 0 aromatic rings. The lowest BCUT2D eigenvalue weighted by atomic mass is 10.1. The minimum Gasteiger partial charge on any atom is -0.379 e. The topological polar surface area (TPSA) is 36.9 Å². The summed E-state index contributed by atoms with van der Waals surface area (Å²) in [5, 5.41) is 0. The van der Waals surface area contributed by atoms with Crippen molar-refractivity contribution in [2.45, 2.75) is 117 Å². The predicted octanol–water partition coefficient (Wildman–Crippen LogP) is 6.16. The molecule has 0 radical (unpaired) electrons. The molecule has 0 aliphatic rings. The monoisotopic (exact) mass is 388 g/mol. The Kier molecular flexibility index (Phi) is 20.4. The summed E-state index contributed by atoms with van der Waals surface area (Å²) in [7, 11) is 0. The second-order valence-corrected chi connectivity index (χ2v) is 7.87. The molecule has 0 spiro atoms. The molecule has 4 nitrogen and oxygen atoms in total. The van der Waals surface area contributed by atoms with Gasteiger partial charge in [0.15, 0.2) is 0 Å². The van der Waals surface area contributed by atoms with E-state index in [0.29, 0.717) is 19.8 Å². The summed E-state index contributed by atoms with van der Waals surface area (Å²) in [6.07, 6.45) is 13.3. The summed E-state index contributed by atoms with van der Waals surface area (Å²) in [5.74, 6) is 0. The van der Waals surface area contributed by atoms with Gasteiger partial charge in [-0.2, -0.15) is 0 Å². The van der Waals surface area contributed by atoms with Gasteiger partial charge in [-0.25, -0.2) is 0 Å². The van der Waals surface area contributed by atoms with Gasteiger partial charge in [-0.15, -0.1) is 0 Å². The van der Waals surface area contributed by atoms with Crippen molar-refractivity contribution in [3.05, 3.63) is 0 Å². The summed E-state index contributed by atoms with van der Waals surface area (Å²) in [4.78, 5) is 0. The molecule has 0 rings (SSSR count). The van der Waals surface area contributed by atoms with Crippen LogP contribution in [0.15, 0.2) is 0 Å². The molecule has 0 aromatic heterocycles. The number of hydrogen-bond donors (Lipinski definition) is 0. The lowest BCUT2D eigenvalue weighted by Gasteiger charge is -2.20. The molecule has 27 heavy (non-hydrogen) atoms. The van der Waals surface area contributed by atoms with Crippen molar-refractivity contribution in [2.24, 2.45) is 0 Å². The van der Waals surface area contributed by atoms with Crippen LogP contribution in [0, 0.1) is 0 Å². The van der Waals surface area contributed by atoms with Crippen LogP contribution in [-0.4, -0.2) is 51.3 Å². The Morgan fingerprint density at radius 3 is 1.56 bits per heavy atom. The molecule has 164 valence electrons. The number of ether oxygens (including phenoxy) is 4. The van der Waals surface area contributed by atoms with Gasteiger partial charge in [0.2, 0.25) is 0 Å². The van der Waals surface area contributed by atoms with E-state index in [4.69, 9.17) is 18.9 Å². The van der Waals surface area contributed by atoms with Crippen LogP contribution >= 0.6 is 0 Å². The van der Waals surface area contributed by atoms with Crippen molar-refractivity contribution in [1.82, 2.24) is 0 Å². The van der Waals surface area contributed by atoms with Crippen LogP contribution in [0.1, 0.15) is 98.8 Å². The van der Waals surface area contributed by atoms with Gasteiger partial charge in [-0.05, 0) is 33.6 Å². The van der Waals surface area contributed by atoms with Crippen molar-refractivity contribution in [3.63, 3.8) is 0 Å². The molecular weight excluding hydrogens is 340 g/mol. The molecule has 0 bridgehead atoms. The van der Waals surface area contributed by atoms with E-state index in [1.165, 1.54) is 51.4 Å². The fraction of sp³-hybridized carbons (Fsp3) is 1.00. The van der Waals surface area contributed by atoms with E-state index in [1.54, 1.807) is 0 Å². The molecule has 0 aliphatic heterocycles. The van der Waals surface area contributed by atoms with E-state index in [9.17, 15) is 0 Å². The van der Waals surface area contributed by atoms with Crippen LogP contribution in [0.3, 0.4) is 0 Å². The maximum atomic E-state index is 5.85. The summed E-state index contributed by atoms with van der Waals surface area (Å²) in [6, 6.07) is 0. The quantitative estimate of drug-likeness (QED) is 0.221. The van der Waals surface area contributed by atoms with Crippen molar-refractivity contribution in [2.75, 3.05) is 33.0 Å². The lowest BCUT2D eigenvalue weighted by molar-refractivity contribution is -0.0801. The van der Waals surface area contributed by atoms with Crippen LogP contribution in [0.4, 0.5) is 0 Å². The second-order valence-electron chi connectivity index (χ2n) is 7.87. The first kappa shape index (κ1) is 26.8. The van der Waals surface area contributed by atoms with Crippen molar-refractivity contribution >= 4 is 0 Å². The number of rotatable bonds is 21. The first-order chi connectivity index (χ1) is 13.1. The van der Waals surface area contributed by atoms with Crippen molar-refractivity contribution < 1.29 is 18.9 Å². The minimum atomic E-state index is 0.0808. The molecule has 0 saturated carbocycles. The Morgan fingerprint density at radius 1 is 0.481 bits per heavy atom. The van der Waals surface area contributed by atoms with Gasteiger partial charge in [0.05, 0.1) is 38.1 Å². The number of unbranched alkanes of at least 4 members (excludes halogenated alkanes) is 8. The molecule has 0 fully saturated rings. The van der Waals surface area contributed by atoms with Gasteiger partial charge >= 0.3 is 0 Å². The first-order valence-electron chi connectivity index (χ1n) is 11.5. The fourth-order valence-electron chi connectivity index (χ4n) is 2.76. The van der Waals surface area contributed by atoms with Crippen LogP contribution in [0.25, 0.3) is 0 Å². The van der Waals surface area contributed by atoms with E-state index in [-0.39, 0.29) is 18.3 Å². The average Bonchev–Trinajstić information content (AvgIpc) is 2.66. The van der Waals surface area contributed by atoms with Crippen LogP contribution < -0.4 is 0 Å². The first-order valence-corrected chi connectivity index (χ1v) is 11.5. The van der Waals surface area contributed by atoms with E-state index < -0.39 is 0 Å². The van der Waals surface area contributed by atoms with Crippen molar-refractivity contribution in [3.8, 4) is 0 Å². The molecule has 0 amide bonds. The smallest absolute Gasteiger partial charge is 0.0781 e. The number of hydrogen-bond acceptors (Lipinski definition) is 4. The van der Waals surface area contributed by atoms with Crippen LogP contribution in [-0.2, 0) is 18.9 Å². The Bertz CT molecular complexity index is 286. The molecule has 3 unspecified atom stereocenters. The highest BCUT2D eigenvalue weighted by atomic mass is 16.6. The minimum absolute atomic E-state index is 0.0808. The third-order valence-corrected chi connectivity index (χ3v) is 4.63. The SMILES string of the molecule is CCCCCCCCCCOC(C)COC(C)COC(C)COCCCC. The highest BCUT2D eigenvalue weighted by Gasteiger charge is 2.10. The third-order valence-electron chi connectivity index (χ3n) is 4.63. The molecule has 3 atom stereocenters. The third kappa shape index (κ3) is 20.4. The molecule has 0 heterocycles. The van der Waals surface area contributed by atoms with E-state index >= 15 is 0 Å². The summed E-state index contributed by atoms with van der Waals surface area (Å²) in [5.41, 5.74) is 0. The van der Waals surface area contributed by atoms with E-state index in [0.717, 1.165) is 26.1 Å². The summed E-state index contributed by atoms with van der Waals surface area (Å²) in [6.45, 7) is 14.2. The van der Waals surface area contributed by atoms with Gasteiger partial charge < -0.3 is 18.9 Å². The normalized spacial score (nSPS) is 15.0. The molecule has 0 aromatic carbocycles. The lowest BCUT2D eigenvalue weighted by Crippen LogP contribution is -2.26. The Hall–Kier alpha value is -0.160. The Balaban J connectivity index is 3.43. The maximum absolute atomic E-state index is 5.85. The zero-order valence-electron chi connectivity index (χ0n) is 19.0. The van der Waals surface area contributed by atoms with E-state index in [1.807, 2.05) is 6.92 Å². The van der Waals surface area contributed by atoms with Crippen LogP contribution in [0.2, 0.25) is 0 Å². The highest BCUT2D eigenvalue weighted by molar-refractivity contribution is 4.55. The van der Waals surface area contributed by atoms with Gasteiger partial charge in [0, 0.05) is 13.2 Å². The molecular formula is C23H48O4. The highest BCUT2D eigenvalue weighted by Crippen LogP contribution is 2.09. The average molecular weight is 389 g/mol. The van der Waals surface area contributed by atoms with Crippen LogP contribution in [0.5, 0.6) is 0 Å². The zero-order valence-corrected chi connectivity index (χ0v) is 19.0. The molecule has 4 heteroatoms. The summed E-state index contributed by atoms with van der Waals surface area (Å²) < 4.78 is 23.1. The van der Waals surface area contributed by atoms with E-state index in [2.05, 4.69) is 27.7 Å². The van der Waals surface area contributed by atoms with Gasteiger partial charge in [0.25, 0.3) is 0 Å². The zero-order chi connectivity index (χ0) is 20.2. The maximum Gasteiger partial charge on any atom is 0.0781 e. The Labute approximate surface area is 169 Å². The predicted molar refractivity (Wildman–Crippen MR) is 115 cm³/mol. The van der Waals surface area contributed by atoms with Crippen molar-refractivity contribution in [1.29, 1.82) is 0 Å². The fourth-order valence-corrected chi connectivity index (χ4v) is 2.76. The van der Waals surface area contributed by atoms with Gasteiger partial charge in [-0.3, -0.25) is 0 Å². The summed E-state index contributed by atoms with van der Waals surface area (Å²) >= 11 is 0. The molecule has 0 aliphatic carbocycles. The van der Waals surface area contributed by atoms with Gasteiger partial charge in [0.1, 0.15) is 0 Å². The standard InChI is InChI=1S/C23H48O4/c1-6-8-10-11-12-13-14-15-17-25-22(4)19-27-23(5)20-26-21(3)18-24-16-9-7-2/h21-23H,6-20H2,1-5H3. The molecule has 0 saturated heterocycles.